The Morgan fingerprint density at radius 2 is 1.48 bits per heavy atom. The van der Waals surface area contributed by atoms with Gasteiger partial charge in [0.05, 0.1) is 20.5 Å². The Morgan fingerprint density at radius 3 is 2.23 bits per heavy atom. The van der Waals surface area contributed by atoms with Gasteiger partial charge < -0.3 is 18.3 Å². The van der Waals surface area contributed by atoms with E-state index in [0.717, 1.165) is 50.1 Å². The summed E-state index contributed by atoms with van der Waals surface area (Å²) >= 11 is 0. The summed E-state index contributed by atoms with van der Waals surface area (Å²) < 4.78 is 22.2. The third-order valence-corrected chi connectivity index (χ3v) is 5.58. The maximum absolute atomic E-state index is 12.4. The number of hydrogen-bond acceptors (Lipinski definition) is 5. The summed E-state index contributed by atoms with van der Waals surface area (Å²) in [6.45, 7) is 1.91. The molecule has 5 aromatic rings. The molecular weight excluding hydrogens is 392 g/mol. The van der Waals surface area contributed by atoms with Crippen LogP contribution in [-0.2, 0) is 0 Å². The van der Waals surface area contributed by atoms with Gasteiger partial charge in [0.15, 0.2) is 0 Å². The van der Waals surface area contributed by atoms with E-state index in [-0.39, 0.29) is 0 Å². The summed E-state index contributed by atoms with van der Waals surface area (Å²) in [5, 5.41) is 1.79. The fourth-order valence-electron chi connectivity index (χ4n) is 4.00. The topological polar surface area (TPSA) is 61.8 Å². The van der Waals surface area contributed by atoms with Crippen LogP contribution in [0.4, 0.5) is 0 Å². The molecule has 31 heavy (non-hydrogen) atoms. The second kappa shape index (κ2) is 7.36. The average molecular weight is 412 g/mol. The lowest BCUT2D eigenvalue weighted by atomic mass is 9.96. The Hall–Kier alpha value is -3.99. The van der Waals surface area contributed by atoms with Crippen LogP contribution < -0.4 is 15.1 Å². The van der Waals surface area contributed by atoms with Gasteiger partial charge >= 0.3 is 5.63 Å². The van der Waals surface area contributed by atoms with E-state index in [4.69, 9.17) is 18.3 Å². The van der Waals surface area contributed by atoms with Crippen molar-refractivity contribution in [2.75, 3.05) is 14.2 Å². The van der Waals surface area contributed by atoms with Gasteiger partial charge in [0.1, 0.15) is 22.7 Å². The summed E-state index contributed by atoms with van der Waals surface area (Å²) in [5.74, 6) is 1.53. The van der Waals surface area contributed by atoms with E-state index in [2.05, 4.69) is 0 Å². The van der Waals surface area contributed by atoms with Crippen molar-refractivity contribution >= 4 is 21.9 Å². The molecule has 0 N–H and O–H groups in total. The predicted molar refractivity (Wildman–Crippen MR) is 121 cm³/mol. The highest BCUT2D eigenvalue weighted by atomic mass is 16.5. The van der Waals surface area contributed by atoms with Crippen molar-refractivity contribution in [2.45, 2.75) is 6.92 Å². The number of benzene rings is 3. The van der Waals surface area contributed by atoms with Crippen LogP contribution in [0, 0.1) is 6.92 Å². The second-order valence-electron chi connectivity index (χ2n) is 7.34. The van der Waals surface area contributed by atoms with Gasteiger partial charge in [-0.3, -0.25) is 0 Å². The SMILES string of the molecule is COc1ccc(-c2cc(=O)oc3c(C)c4occ(-c5cccc(OC)c5)c4cc23)cc1. The molecule has 5 rings (SSSR count). The number of furan rings is 1. The number of ether oxygens (including phenoxy) is 2. The maximum atomic E-state index is 12.4. The first kappa shape index (κ1) is 19.0. The van der Waals surface area contributed by atoms with Gasteiger partial charge in [0, 0.05) is 28.0 Å². The Morgan fingerprint density at radius 1 is 0.742 bits per heavy atom. The zero-order chi connectivity index (χ0) is 21.5. The van der Waals surface area contributed by atoms with Crippen molar-refractivity contribution in [3.63, 3.8) is 0 Å². The van der Waals surface area contributed by atoms with Crippen LogP contribution in [0.25, 0.3) is 44.2 Å². The maximum Gasteiger partial charge on any atom is 0.336 e. The minimum atomic E-state index is -0.402. The van der Waals surface area contributed by atoms with E-state index >= 15 is 0 Å². The number of aryl methyl sites for hydroxylation is 1. The Kier molecular flexibility index (Phi) is 4.51. The molecule has 2 heterocycles. The molecule has 0 aliphatic rings. The Labute approximate surface area is 178 Å². The Bertz CT molecular complexity index is 1470. The van der Waals surface area contributed by atoms with Crippen LogP contribution in [-0.4, -0.2) is 14.2 Å². The summed E-state index contributed by atoms with van der Waals surface area (Å²) in [6.07, 6.45) is 1.73. The molecule has 0 unspecified atom stereocenters. The summed E-state index contributed by atoms with van der Waals surface area (Å²) in [5.41, 5.74) is 5.25. The van der Waals surface area contributed by atoms with E-state index in [9.17, 15) is 4.79 Å². The summed E-state index contributed by atoms with van der Waals surface area (Å²) in [4.78, 5) is 12.4. The standard InChI is InChI=1S/C26H20O5/c1-15-25-22(23(14-30-25)17-5-4-6-19(11-17)29-3)12-21-20(13-24(27)31-26(15)21)16-7-9-18(28-2)10-8-16/h4-14H,1-3H3. The number of fused-ring (bicyclic) bond motifs is 2. The first-order valence-corrected chi connectivity index (χ1v) is 9.86. The minimum absolute atomic E-state index is 0.402. The van der Waals surface area contributed by atoms with Crippen LogP contribution in [0.3, 0.4) is 0 Å². The number of methoxy groups -OCH3 is 2. The van der Waals surface area contributed by atoms with Crippen molar-refractivity contribution in [3.05, 3.63) is 82.9 Å². The zero-order valence-corrected chi connectivity index (χ0v) is 17.4. The van der Waals surface area contributed by atoms with Gasteiger partial charge in [-0.05, 0) is 53.9 Å². The molecule has 0 atom stereocenters. The van der Waals surface area contributed by atoms with Gasteiger partial charge in [-0.1, -0.05) is 24.3 Å². The monoisotopic (exact) mass is 412 g/mol. The molecule has 0 saturated heterocycles. The number of hydrogen-bond donors (Lipinski definition) is 0. The summed E-state index contributed by atoms with van der Waals surface area (Å²) in [6, 6.07) is 19.0. The quantitative estimate of drug-likeness (QED) is 0.329. The fourth-order valence-corrected chi connectivity index (χ4v) is 4.00. The lowest BCUT2D eigenvalue weighted by Gasteiger charge is -2.10. The molecule has 0 aliphatic carbocycles. The normalized spacial score (nSPS) is 11.2. The smallest absolute Gasteiger partial charge is 0.336 e. The van der Waals surface area contributed by atoms with Crippen molar-refractivity contribution in [2.24, 2.45) is 0 Å². The molecule has 0 radical (unpaired) electrons. The molecule has 0 spiro atoms. The van der Waals surface area contributed by atoms with E-state index in [1.165, 1.54) is 6.07 Å². The highest BCUT2D eigenvalue weighted by Gasteiger charge is 2.18. The molecule has 154 valence electrons. The first-order chi connectivity index (χ1) is 15.1. The molecule has 0 fully saturated rings. The van der Waals surface area contributed by atoms with Crippen molar-refractivity contribution in [1.82, 2.24) is 0 Å². The number of rotatable bonds is 4. The molecule has 0 bridgehead atoms. The fraction of sp³-hybridized carbons (Fsp3) is 0.115. The first-order valence-electron chi connectivity index (χ1n) is 9.86. The molecule has 0 amide bonds. The highest BCUT2D eigenvalue weighted by molar-refractivity contribution is 6.08. The van der Waals surface area contributed by atoms with Crippen LogP contribution >= 0.6 is 0 Å². The van der Waals surface area contributed by atoms with E-state index < -0.39 is 5.63 Å². The van der Waals surface area contributed by atoms with Crippen molar-refractivity contribution in [1.29, 1.82) is 0 Å². The second-order valence-corrected chi connectivity index (χ2v) is 7.34. The lowest BCUT2D eigenvalue weighted by molar-refractivity contribution is 0.415. The molecule has 2 aromatic heterocycles. The zero-order valence-electron chi connectivity index (χ0n) is 17.4. The predicted octanol–water partition coefficient (Wildman–Crippen LogP) is 6.20. The van der Waals surface area contributed by atoms with Crippen LogP contribution in [0.2, 0.25) is 0 Å². The average Bonchev–Trinajstić information content (AvgIpc) is 3.24. The van der Waals surface area contributed by atoms with Crippen LogP contribution in [0.15, 0.2) is 80.6 Å². The lowest BCUT2D eigenvalue weighted by Crippen LogP contribution is -1.99. The van der Waals surface area contributed by atoms with Crippen molar-refractivity contribution < 1.29 is 18.3 Å². The van der Waals surface area contributed by atoms with E-state index in [1.807, 2.05) is 61.5 Å². The van der Waals surface area contributed by atoms with Gasteiger partial charge in [-0.2, -0.15) is 0 Å². The van der Waals surface area contributed by atoms with Gasteiger partial charge in [0.2, 0.25) is 0 Å². The van der Waals surface area contributed by atoms with Gasteiger partial charge in [0.25, 0.3) is 0 Å². The molecule has 5 nitrogen and oxygen atoms in total. The van der Waals surface area contributed by atoms with Crippen LogP contribution in [0.5, 0.6) is 11.5 Å². The largest absolute Gasteiger partial charge is 0.497 e. The van der Waals surface area contributed by atoms with E-state index in [1.54, 1.807) is 20.5 Å². The van der Waals surface area contributed by atoms with Crippen LogP contribution in [0.1, 0.15) is 5.56 Å². The van der Waals surface area contributed by atoms with Crippen molar-refractivity contribution in [3.8, 4) is 33.8 Å². The third-order valence-electron chi connectivity index (χ3n) is 5.58. The third kappa shape index (κ3) is 3.15. The molecule has 0 saturated carbocycles. The highest BCUT2D eigenvalue weighted by Crippen LogP contribution is 2.39. The Balaban J connectivity index is 1.81. The molecule has 0 aliphatic heterocycles. The minimum Gasteiger partial charge on any atom is -0.497 e. The van der Waals surface area contributed by atoms with E-state index in [0.29, 0.717) is 11.2 Å². The summed E-state index contributed by atoms with van der Waals surface area (Å²) in [7, 11) is 3.27. The molecule has 5 heteroatoms. The molecular formula is C26H20O5. The van der Waals surface area contributed by atoms with Gasteiger partial charge in [-0.25, -0.2) is 4.79 Å². The van der Waals surface area contributed by atoms with Gasteiger partial charge in [-0.15, -0.1) is 0 Å². The molecule has 3 aromatic carbocycles.